The van der Waals surface area contributed by atoms with Gasteiger partial charge in [-0.05, 0) is 37.0 Å². The van der Waals surface area contributed by atoms with Crippen LogP contribution in [0, 0.1) is 0 Å². The molecule has 1 aliphatic carbocycles. The first-order chi connectivity index (χ1) is 12.1. The summed E-state index contributed by atoms with van der Waals surface area (Å²) in [5.41, 5.74) is 1.06. The number of urea groups is 1. The van der Waals surface area contributed by atoms with E-state index >= 15 is 0 Å². The summed E-state index contributed by atoms with van der Waals surface area (Å²) in [5.74, 6) is -0.311. The molecular weight excluding hydrogens is 320 g/mol. The third kappa shape index (κ3) is 4.55. The lowest BCUT2D eigenvalue weighted by atomic mass is 9.93. The van der Waals surface area contributed by atoms with E-state index in [1.165, 1.54) is 6.42 Å². The van der Waals surface area contributed by atoms with Gasteiger partial charge >= 0.3 is 6.03 Å². The fraction of sp³-hybridized carbons (Fsp3) is 0.556. The molecule has 7 nitrogen and oxygen atoms in total. The molecule has 0 aromatic carbocycles. The molecule has 1 saturated carbocycles. The average molecular weight is 344 g/mol. The van der Waals surface area contributed by atoms with Crippen molar-refractivity contribution in [1.29, 1.82) is 0 Å². The van der Waals surface area contributed by atoms with Crippen molar-refractivity contribution in [3.63, 3.8) is 0 Å². The van der Waals surface area contributed by atoms with Crippen LogP contribution in [0.2, 0.25) is 0 Å². The predicted molar refractivity (Wildman–Crippen MR) is 91.4 cm³/mol. The summed E-state index contributed by atoms with van der Waals surface area (Å²) in [6, 6.07) is 3.01. The zero-order valence-electron chi connectivity index (χ0n) is 14.2. The number of nitrogens with zero attached hydrogens (tertiary/aromatic N) is 2. The SMILES string of the molecule is O=C1NC(=O)C(CCC(=O)N(Cc2ccncc2)C2CCCCC2)N1. The number of hydrogen-bond acceptors (Lipinski definition) is 4. The molecule has 0 bridgehead atoms. The van der Waals surface area contributed by atoms with E-state index in [0.29, 0.717) is 13.0 Å². The topological polar surface area (TPSA) is 91.4 Å². The van der Waals surface area contributed by atoms with Crippen LogP contribution in [0.3, 0.4) is 0 Å². The van der Waals surface area contributed by atoms with Crippen molar-refractivity contribution in [2.45, 2.75) is 63.6 Å². The number of hydrogen-bond donors (Lipinski definition) is 2. The molecule has 1 aliphatic heterocycles. The minimum Gasteiger partial charge on any atom is -0.335 e. The fourth-order valence-corrected chi connectivity index (χ4v) is 3.57. The first-order valence-electron chi connectivity index (χ1n) is 8.93. The Bertz CT molecular complexity index is 628. The molecule has 2 N–H and O–H groups in total. The number of aromatic nitrogens is 1. The second-order valence-corrected chi connectivity index (χ2v) is 6.72. The fourth-order valence-electron chi connectivity index (χ4n) is 3.57. The number of carbonyl (C=O) groups excluding carboxylic acids is 3. The van der Waals surface area contributed by atoms with Gasteiger partial charge in [-0.1, -0.05) is 19.3 Å². The van der Waals surface area contributed by atoms with E-state index in [4.69, 9.17) is 0 Å². The van der Waals surface area contributed by atoms with Crippen molar-refractivity contribution >= 4 is 17.8 Å². The molecule has 25 heavy (non-hydrogen) atoms. The van der Waals surface area contributed by atoms with Crippen molar-refractivity contribution < 1.29 is 14.4 Å². The van der Waals surface area contributed by atoms with Crippen molar-refractivity contribution in [2.24, 2.45) is 0 Å². The maximum atomic E-state index is 12.9. The molecule has 1 aromatic heterocycles. The van der Waals surface area contributed by atoms with Gasteiger partial charge in [-0.3, -0.25) is 19.9 Å². The van der Waals surface area contributed by atoms with Gasteiger partial charge < -0.3 is 10.2 Å². The standard InChI is InChI=1S/C18H24N4O3/c23-16(7-6-15-17(24)21-18(25)20-15)22(14-4-2-1-3-5-14)12-13-8-10-19-11-9-13/h8-11,14-15H,1-7,12H2,(H2,20,21,24,25). The molecule has 4 amide bonds. The van der Waals surface area contributed by atoms with E-state index in [-0.39, 0.29) is 24.3 Å². The van der Waals surface area contributed by atoms with Crippen LogP contribution in [-0.2, 0) is 16.1 Å². The summed E-state index contributed by atoms with van der Waals surface area (Å²) in [4.78, 5) is 41.7. The second kappa shape index (κ2) is 8.09. The van der Waals surface area contributed by atoms with Gasteiger partial charge in [-0.25, -0.2) is 4.79 Å². The predicted octanol–water partition coefficient (Wildman–Crippen LogP) is 1.73. The number of pyridine rings is 1. The molecule has 134 valence electrons. The normalized spacial score (nSPS) is 20.9. The summed E-state index contributed by atoms with van der Waals surface area (Å²) in [5, 5.41) is 4.75. The van der Waals surface area contributed by atoms with Gasteiger partial charge in [-0.15, -0.1) is 0 Å². The molecule has 1 unspecified atom stereocenters. The molecule has 1 atom stereocenters. The van der Waals surface area contributed by atoms with Crippen molar-refractivity contribution in [2.75, 3.05) is 0 Å². The molecular formula is C18H24N4O3. The lowest BCUT2D eigenvalue weighted by Crippen LogP contribution is -2.41. The van der Waals surface area contributed by atoms with Crippen LogP contribution in [0.4, 0.5) is 4.79 Å². The minimum atomic E-state index is -0.606. The van der Waals surface area contributed by atoms with E-state index in [0.717, 1.165) is 31.2 Å². The summed E-state index contributed by atoms with van der Waals surface area (Å²) in [7, 11) is 0. The lowest BCUT2D eigenvalue weighted by molar-refractivity contribution is -0.135. The quantitative estimate of drug-likeness (QED) is 0.769. The Labute approximate surface area is 147 Å². The highest BCUT2D eigenvalue weighted by molar-refractivity contribution is 6.04. The Kier molecular flexibility index (Phi) is 5.63. The molecule has 2 heterocycles. The first-order valence-corrected chi connectivity index (χ1v) is 8.93. The Morgan fingerprint density at radius 3 is 2.52 bits per heavy atom. The summed E-state index contributed by atoms with van der Waals surface area (Å²) in [6.45, 7) is 0.565. The van der Waals surface area contributed by atoms with Gasteiger partial charge in [0.2, 0.25) is 5.91 Å². The molecule has 1 aromatic rings. The van der Waals surface area contributed by atoms with E-state index < -0.39 is 12.1 Å². The minimum absolute atomic E-state index is 0.0395. The zero-order chi connectivity index (χ0) is 17.6. The van der Waals surface area contributed by atoms with Gasteiger partial charge in [0, 0.05) is 31.4 Å². The largest absolute Gasteiger partial charge is 0.335 e. The number of carbonyl (C=O) groups is 3. The third-order valence-electron chi connectivity index (χ3n) is 4.94. The van der Waals surface area contributed by atoms with E-state index in [1.54, 1.807) is 12.4 Å². The van der Waals surface area contributed by atoms with Crippen LogP contribution in [0.25, 0.3) is 0 Å². The smallest absolute Gasteiger partial charge is 0.322 e. The van der Waals surface area contributed by atoms with Crippen LogP contribution >= 0.6 is 0 Å². The average Bonchev–Trinajstić information content (AvgIpc) is 2.96. The maximum absolute atomic E-state index is 12.9. The molecule has 0 radical (unpaired) electrons. The zero-order valence-corrected chi connectivity index (χ0v) is 14.2. The molecule has 1 saturated heterocycles. The first kappa shape index (κ1) is 17.4. The van der Waals surface area contributed by atoms with Crippen LogP contribution in [0.1, 0.15) is 50.5 Å². The Morgan fingerprint density at radius 1 is 1.16 bits per heavy atom. The van der Waals surface area contributed by atoms with Crippen molar-refractivity contribution in [3.8, 4) is 0 Å². The second-order valence-electron chi connectivity index (χ2n) is 6.72. The maximum Gasteiger partial charge on any atom is 0.322 e. The van der Waals surface area contributed by atoms with Crippen LogP contribution in [0.15, 0.2) is 24.5 Å². The number of imide groups is 1. The van der Waals surface area contributed by atoms with Gasteiger partial charge in [0.05, 0.1) is 0 Å². The summed E-state index contributed by atoms with van der Waals surface area (Å²) < 4.78 is 0. The molecule has 2 aliphatic rings. The Balaban J connectivity index is 1.64. The molecule has 2 fully saturated rings. The van der Waals surface area contributed by atoms with Crippen LogP contribution < -0.4 is 10.6 Å². The van der Waals surface area contributed by atoms with Crippen molar-refractivity contribution in [1.82, 2.24) is 20.5 Å². The molecule has 7 heteroatoms. The third-order valence-corrected chi connectivity index (χ3v) is 4.94. The molecule has 3 rings (SSSR count). The highest BCUT2D eigenvalue weighted by Crippen LogP contribution is 2.25. The molecule has 0 spiro atoms. The van der Waals surface area contributed by atoms with E-state index in [2.05, 4.69) is 15.6 Å². The van der Waals surface area contributed by atoms with Crippen LogP contribution in [0.5, 0.6) is 0 Å². The monoisotopic (exact) mass is 344 g/mol. The number of rotatable bonds is 6. The number of amides is 4. The van der Waals surface area contributed by atoms with Gasteiger partial charge in [-0.2, -0.15) is 0 Å². The summed E-state index contributed by atoms with van der Waals surface area (Å²) >= 11 is 0. The van der Waals surface area contributed by atoms with E-state index in [9.17, 15) is 14.4 Å². The van der Waals surface area contributed by atoms with E-state index in [1.807, 2.05) is 17.0 Å². The Morgan fingerprint density at radius 2 is 1.88 bits per heavy atom. The van der Waals surface area contributed by atoms with Crippen molar-refractivity contribution in [3.05, 3.63) is 30.1 Å². The highest BCUT2D eigenvalue weighted by atomic mass is 16.2. The Hall–Kier alpha value is -2.44. The van der Waals surface area contributed by atoms with Gasteiger partial charge in [0.25, 0.3) is 5.91 Å². The van der Waals surface area contributed by atoms with Gasteiger partial charge in [0.15, 0.2) is 0 Å². The van der Waals surface area contributed by atoms with Gasteiger partial charge in [0.1, 0.15) is 6.04 Å². The number of nitrogens with one attached hydrogen (secondary N) is 2. The lowest BCUT2D eigenvalue weighted by Gasteiger charge is -2.35. The summed E-state index contributed by atoms with van der Waals surface area (Å²) in [6.07, 6.45) is 9.61. The highest BCUT2D eigenvalue weighted by Gasteiger charge is 2.31. The van der Waals surface area contributed by atoms with Crippen LogP contribution in [-0.4, -0.2) is 39.8 Å².